The molecule has 0 saturated heterocycles. The smallest absolute Gasteiger partial charge is 0.274 e. The molecule has 0 bridgehead atoms. The number of fused-ring (bicyclic) bond motifs is 1. The first-order valence-corrected chi connectivity index (χ1v) is 6.25. The Morgan fingerprint density at radius 3 is 3.10 bits per heavy atom. The van der Waals surface area contributed by atoms with Gasteiger partial charge in [-0.1, -0.05) is 0 Å². The van der Waals surface area contributed by atoms with Crippen molar-refractivity contribution in [2.24, 2.45) is 0 Å². The minimum Gasteiger partial charge on any atom is -0.493 e. The zero-order chi connectivity index (χ0) is 14.1. The van der Waals surface area contributed by atoms with Crippen molar-refractivity contribution in [3.05, 3.63) is 41.0 Å². The molecule has 1 aliphatic rings. The number of hydrogen-bond acceptors (Lipinski definition) is 4. The number of ether oxygens (including phenoxy) is 1. The number of nitrogens with one attached hydrogen (secondary N) is 2. The first-order chi connectivity index (χ1) is 9.65. The molecule has 1 aromatic carbocycles. The highest BCUT2D eigenvalue weighted by Crippen LogP contribution is 2.32. The average Bonchev–Trinajstić information content (AvgIpc) is 2.86. The lowest BCUT2D eigenvalue weighted by atomic mass is 10.00. The fourth-order valence-electron chi connectivity index (χ4n) is 2.24. The number of amides is 1. The number of nitrogens with zero attached hydrogens (tertiary/aromatic N) is 2. The molecule has 20 heavy (non-hydrogen) atoms. The number of halogens is 1. The molecule has 0 aliphatic carbocycles. The lowest BCUT2D eigenvalue weighted by Crippen LogP contribution is -2.32. The van der Waals surface area contributed by atoms with Crippen molar-refractivity contribution in [2.75, 3.05) is 6.61 Å². The molecule has 2 heterocycles. The standard InChI is InChI=1S/C13H13FN4O2/c1-7-12(17-18-16-7)13(19)15-10-4-5-20-11-3-2-8(14)6-9(10)11/h2-3,6,10H,4-5H2,1H3,(H,15,19)(H,16,17,18). The van der Waals surface area contributed by atoms with Crippen LogP contribution in [-0.4, -0.2) is 27.9 Å². The molecule has 1 aromatic heterocycles. The SMILES string of the molecule is Cc1n[nH]nc1C(=O)NC1CCOc2ccc(F)cc21. The van der Waals surface area contributed by atoms with Gasteiger partial charge in [0.2, 0.25) is 0 Å². The van der Waals surface area contributed by atoms with Gasteiger partial charge < -0.3 is 10.1 Å². The summed E-state index contributed by atoms with van der Waals surface area (Å²) < 4.78 is 18.8. The van der Waals surface area contributed by atoms with E-state index in [1.165, 1.54) is 12.1 Å². The summed E-state index contributed by atoms with van der Waals surface area (Å²) in [6.07, 6.45) is 0.582. The summed E-state index contributed by atoms with van der Waals surface area (Å²) in [5.41, 5.74) is 1.41. The summed E-state index contributed by atoms with van der Waals surface area (Å²) in [6, 6.07) is 4.00. The Bertz CT molecular complexity index is 656. The molecule has 1 unspecified atom stereocenters. The average molecular weight is 276 g/mol. The topological polar surface area (TPSA) is 79.9 Å². The first-order valence-electron chi connectivity index (χ1n) is 6.25. The Kier molecular flexibility index (Phi) is 3.09. The van der Waals surface area contributed by atoms with Gasteiger partial charge in [-0.3, -0.25) is 4.79 Å². The number of H-pyrrole nitrogens is 1. The van der Waals surface area contributed by atoms with Crippen LogP contribution in [0.3, 0.4) is 0 Å². The van der Waals surface area contributed by atoms with E-state index >= 15 is 0 Å². The molecule has 3 rings (SSSR count). The van der Waals surface area contributed by atoms with Crippen LogP contribution < -0.4 is 10.1 Å². The number of carbonyl (C=O) groups is 1. The zero-order valence-electron chi connectivity index (χ0n) is 10.8. The Morgan fingerprint density at radius 2 is 2.35 bits per heavy atom. The fourth-order valence-corrected chi connectivity index (χ4v) is 2.24. The third-order valence-electron chi connectivity index (χ3n) is 3.25. The molecule has 1 atom stereocenters. The highest BCUT2D eigenvalue weighted by Gasteiger charge is 2.25. The van der Waals surface area contributed by atoms with Crippen molar-refractivity contribution >= 4 is 5.91 Å². The number of hydrogen-bond donors (Lipinski definition) is 2. The number of rotatable bonds is 2. The van der Waals surface area contributed by atoms with Gasteiger partial charge in [-0.15, -0.1) is 0 Å². The van der Waals surface area contributed by atoms with Crippen LogP contribution in [0.5, 0.6) is 5.75 Å². The summed E-state index contributed by atoms with van der Waals surface area (Å²) in [5, 5.41) is 12.8. The maximum atomic E-state index is 13.3. The molecule has 2 aromatic rings. The molecule has 6 nitrogen and oxygen atoms in total. The largest absolute Gasteiger partial charge is 0.493 e. The molecular formula is C13H13FN4O2. The van der Waals surface area contributed by atoms with E-state index in [0.29, 0.717) is 30.0 Å². The highest BCUT2D eigenvalue weighted by molar-refractivity contribution is 5.93. The lowest BCUT2D eigenvalue weighted by molar-refractivity contribution is 0.0919. The van der Waals surface area contributed by atoms with Crippen molar-refractivity contribution in [3.63, 3.8) is 0 Å². The van der Waals surface area contributed by atoms with Gasteiger partial charge in [0.05, 0.1) is 18.3 Å². The monoisotopic (exact) mass is 276 g/mol. The van der Waals surface area contributed by atoms with Gasteiger partial charge >= 0.3 is 0 Å². The number of aromatic amines is 1. The maximum Gasteiger partial charge on any atom is 0.274 e. The second kappa shape index (κ2) is 4.92. The van der Waals surface area contributed by atoms with Gasteiger partial charge in [0.15, 0.2) is 5.69 Å². The number of benzene rings is 1. The van der Waals surface area contributed by atoms with Gasteiger partial charge in [0.25, 0.3) is 5.91 Å². The van der Waals surface area contributed by atoms with Crippen molar-refractivity contribution in [1.29, 1.82) is 0 Å². The Labute approximate surface area is 114 Å². The molecule has 0 saturated carbocycles. The lowest BCUT2D eigenvalue weighted by Gasteiger charge is -2.26. The summed E-state index contributed by atoms with van der Waals surface area (Å²) in [4.78, 5) is 12.1. The van der Waals surface area contributed by atoms with E-state index in [2.05, 4.69) is 20.7 Å². The molecule has 1 aliphatic heterocycles. The summed E-state index contributed by atoms with van der Waals surface area (Å²) in [5.74, 6) is -0.0932. The van der Waals surface area contributed by atoms with Gasteiger partial charge in [0, 0.05) is 12.0 Å². The van der Waals surface area contributed by atoms with Crippen molar-refractivity contribution < 1.29 is 13.9 Å². The Morgan fingerprint density at radius 1 is 1.50 bits per heavy atom. The highest BCUT2D eigenvalue weighted by atomic mass is 19.1. The van der Waals surface area contributed by atoms with E-state index in [4.69, 9.17) is 4.74 Å². The summed E-state index contributed by atoms with van der Waals surface area (Å²) in [6.45, 7) is 2.16. The summed E-state index contributed by atoms with van der Waals surface area (Å²) in [7, 11) is 0. The Balaban J connectivity index is 1.85. The molecule has 2 N–H and O–H groups in total. The number of aryl methyl sites for hydroxylation is 1. The quantitative estimate of drug-likeness (QED) is 0.871. The molecule has 1 amide bonds. The summed E-state index contributed by atoms with van der Waals surface area (Å²) >= 11 is 0. The minimum atomic E-state index is -0.355. The van der Waals surface area contributed by atoms with Crippen molar-refractivity contribution in [1.82, 2.24) is 20.7 Å². The van der Waals surface area contributed by atoms with E-state index in [1.807, 2.05) is 0 Å². The van der Waals surface area contributed by atoms with E-state index in [1.54, 1.807) is 13.0 Å². The van der Waals surface area contributed by atoms with Gasteiger partial charge in [-0.2, -0.15) is 15.4 Å². The molecule has 0 fully saturated rings. The number of carbonyl (C=O) groups excluding carboxylic acids is 1. The fraction of sp³-hybridized carbons (Fsp3) is 0.308. The van der Waals surface area contributed by atoms with Crippen LogP contribution in [0, 0.1) is 12.7 Å². The van der Waals surface area contributed by atoms with Crippen LogP contribution >= 0.6 is 0 Å². The van der Waals surface area contributed by atoms with Gasteiger partial charge in [-0.05, 0) is 25.1 Å². The van der Waals surface area contributed by atoms with Crippen LogP contribution in [0.2, 0.25) is 0 Å². The van der Waals surface area contributed by atoms with E-state index in [-0.39, 0.29) is 23.5 Å². The number of aromatic nitrogens is 3. The van der Waals surface area contributed by atoms with Crippen LogP contribution in [0.25, 0.3) is 0 Å². The van der Waals surface area contributed by atoms with Crippen LogP contribution in [-0.2, 0) is 0 Å². The van der Waals surface area contributed by atoms with Crippen LogP contribution in [0.1, 0.15) is 34.2 Å². The predicted octanol–water partition coefficient (Wildman–Crippen LogP) is 1.51. The van der Waals surface area contributed by atoms with Crippen LogP contribution in [0.15, 0.2) is 18.2 Å². The maximum absolute atomic E-state index is 13.3. The predicted molar refractivity (Wildman–Crippen MR) is 67.8 cm³/mol. The van der Waals surface area contributed by atoms with E-state index < -0.39 is 0 Å². The van der Waals surface area contributed by atoms with Crippen molar-refractivity contribution in [2.45, 2.75) is 19.4 Å². The zero-order valence-corrected chi connectivity index (χ0v) is 10.8. The molecule has 104 valence electrons. The third kappa shape index (κ3) is 2.22. The van der Waals surface area contributed by atoms with Crippen molar-refractivity contribution in [3.8, 4) is 5.75 Å². The second-order valence-corrected chi connectivity index (χ2v) is 4.60. The van der Waals surface area contributed by atoms with Crippen LogP contribution in [0.4, 0.5) is 4.39 Å². The normalized spacial score (nSPS) is 17.2. The Hall–Kier alpha value is -2.44. The molecule has 0 spiro atoms. The minimum absolute atomic E-state index is 0.245. The third-order valence-corrected chi connectivity index (χ3v) is 3.25. The first kappa shape index (κ1) is 12.6. The second-order valence-electron chi connectivity index (χ2n) is 4.60. The van der Waals surface area contributed by atoms with Gasteiger partial charge in [-0.25, -0.2) is 4.39 Å². The van der Waals surface area contributed by atoms with E-state index in [0.717, 1.165) is 0 Å². The molecule has 7 heteroatoms. The molecular weight excluding hydrogens is 263 g/mol. The molecule has 0 radical (unpaired) electrons. The van der Waals surface area contributed by atoms with E-state index in [9.17, 15) is 9.18 Å². The van der Waals surface area contributed by atoms with Gasteiger partial charge in [0.1, 0.15) is 11.6 Å².